The fourth-order valence-electron chi connectivity index (χ4n) is 3.25. The number of rotatable bonds is 3. The van der Waals surface area contributed by atoms with E-state index in [2.05, 4.69) is 43.0 Å². The number of carbonyl (C=O) groups is 1. The maximum Gasteiger partial charge on any atom is 0.415 e. The molecule has 0 bridgehead atoms. The Kier molecular flexibility index (Phi) is 5.24. The number of amides is 1. The molecule has 0 aliphatic carbocycles. The third-order valence-electron chi connectivity index (χ3n) is 4.50. The molecular weight excluding hydrogens is 314 g/mol. The summed E-state index contributed by atoms with van der Waals surface area (Å²) in [4.78, 5) is 16.6. The van der Waals surface area contributed by atoms with Gasteiger partial charge in [0.15, 0.2) is 0 Å². The maximum atomic E-state index is 12.4. The molecule has 25 heavy (non-hydrogen) atoms. The van der Waals surface area contributed by atoms with E-state index in [-0.39, 0.29) is 12.1 Å². The Morgan fingerprint density at radius 1 is 1.20 bits per heavy atom. The van der Waals surface area contributed by atoms with Gasteiger partial charge >= 0.3 is 6.09 Å². The van der Waals surface area contributed by atoms with Crippen molar-refractivity contribution in [1.82, 2.24) is 9.80 Å². The summed E-state index contributed by atoms with van der Waals surface area (Å²) in [5.74, 6) is 0.486. The summed E-state index contributed by atoms with van der Waals surface area (Å²) in [5, 5.41) is 0. The average Bonchev–Trinajstić information content (AvgIpc) is 2.55. The van der Waals surface area contributed by atoms with Crippen LogP contribution in [0.5, 0.6) is 5.75 Å². The van der Waals surface area contributed by atoms with E-state index in [1.807, 2.05) is 0 Å². The van der Waals surface area contributed by atoms with Crippen LogP contribution in [0.1, 0.15) is 18.1 Å². The monoisotopic (exact) mass is 339 g/mol. The van der Waals surface area contributed by atoms with Gasteiger partial charge in [-0.2, -0.15) is 0 Å². The lowest BCUT2D eigenvalue weighted by atomic mass is 10.1. The molecule has 5 heteroatoms. The first kappa shape index (κ1) is 17.3. The van der Waals surface area contributed by atoms with Gasteiger partial charge in [0.25, 0.3) is 0 Å². The highest BCUT2D eigenvalue weighted by atomic mass is 16.6. The van der Waals surface area contributed by atoms with E-state index in [4.69, 9.17) is 10.5 Å². The van der Waals surface area contributed by atoms with E-state index < -0.39 is 0 Å². The van der Waals surface area contributed by atoms with E-state index in [9.17, 15) is 4.79 Å². The Hall–Kier alpha value is -2.53. The van der Waals surface area contributed by atoms with Crippen molar-refractivity contribution in [3.8, 4) is 5.75 Å². The van der Waals surface area contributed by atoms with Crippen LogP contribution in [0.2, 0.25) is 0 Å². The number of nitrogen functional groups attached to an aromatic ring is 1. The van der Waals surface area contributed by atoms with Gasteiger partial charge in [0.1, 0.15) is 5.75 Å². The molecule has 0 saturated carbocycles. The topological polar surface area (TPSA) is 58.8 Å². The third-order valence-corrected chi connectivity index (χ3v) is 4.50. The van der Waals surface area contributed by atoms with Crippen molar-refractivity contribution in [3.05, 3.63) is 59.7 Å². The predicted molar refractivity (Wildman–Crippen MR) is 99.5 cm³/mol. The number of aryl methyl sites for hydroxylation is 1. The zero-order chi connectivity index (χ0) is 17.8. The Morgan fingerprint density at radius 2 is 2.00 bits per heavy atom. The molecule has 1 amide bonds. The van der Waals surface area contributed by atoms with Crippen LogP contribution in [0.3, 0.4) is 0 Å². The molecule has 1 saturated heterocycles. The highest BCUT2D eigenvalue weighted by Crippen LogP contribution is 2.19. The zero-order valence-corrected chi connectivity index (χ0v) is 14.8. The van der Waals surface area contributed by atoms with Gasteiger partial charge < -0.3 is 15.4 Å². The van der Waals surface area contributed by atoms with E-state index in [1.54, 1.807) is 29.2 Å². The highest BCUT2D eigenvalue weighted by Gasteiger charge is 2.28. The fraction of sp³-hybridized carbons (Fsp3) is 0.350. The number of hydrogen-bond donors (Lipinski definition) is 1. The number of piperazine rings is 1. The zero-order valence-electron chi connectivity index (χ0n) is 14.8. The molecule has 0 unspecified atom stereocenters. The van der Waals surface area contributed by atoms with Gasteiger partial charge in [-0.25, -0.2) is 4.79 Å². The van der Waals surface area contributed by atoms with E-state index >= 15 is 0 Å². The molecule has 3 rings (SSSR count). The number of nitrogens with zero attached hydrogens (tertiary/aromatic N) is 2. The van der Waals surface area contributed by atoms with Crippen LogP contribution < -0.4 is 10.5 Å². The second-order valence-corrected chi connectivity index (χ2v) is 6.71. The lowest BCUT2D eigenvalue weighted by Gasteiger charge is -2.39. The molecule has 1 fully saturated rings. The molecule has 132 valence electrons. The Morgan fingerprint density at radius 3 is 2.72 bits per heavy atom. The van der Waals surface area contributed by atoms with E-state index in [0.29, 0.717) is 18.0 Å². The molecule has 1 aliphatic rings. The third kappa shape index (κ3) is 4.51. The number of carbonyl (C=O) groups excluding carboxylic acids is 1. The van der Waals surface area contributed by atoms with Crippen LogP contribution in [-0.4, -0.2) is 41.6 Å². The molecular formula is C20H25N3O2. The van der Waals surface area contributed by atoms with Crippen molar-refractivity contribution in [1.29, 1.82) is 0 Å². The number of hydrogen-bond acceptors (Lipinski definition) is 4. The summed E-state index contributed by atoms with van der Waals surface area (Å²) in [6.45, 7) is 7.40. The van der Waals surface area contributed by atoms with Gasteiger partial charge in [0, 0.05) is 44.0 Å². The molecule has 2 aromatic rings. The minimum atomic E-state index is -0.312. The van der Waals surface area contributed by atoms with E-state index in [0.717, 1.165) is 19.6 Å². The number of nitrogens with two attached hydrogens (primary N) is 1. The lowest BCUT2D eigenvalue weighted by molar-refractivity contribution is 0.0753. The van der Waals surface area contributed by atoms with Crippen LogP contribution >= 0.6 is 0 Å². The summed E-state index contributed by atoms with van der Waals surface area (Å²) in [6, 6.07) is 15.6. The SMILES string of the molecule is Cc1cccc(CN2CCN(C(=O)Oc3cccc(N)c3)[C@H](C)C2)c1. The second-order valence-electron chi connectivity index (χ2n) is 6.71. The Balaban J connectivity index is 1.57. The second kappa shape index (κ2) is 7.57. The summed E-state index contributed by atoms with van der Waals surface area (Å²) in [6.07, 6.45) is -0.312. The molecule has 1 heterocycles. The number of anilines is 1. The predicted octanol–water partition coefficient (Wildman–Crippen LogP) is 3.28. The van der Waals surface area contributed by atoms with Crippen molar-refractivity contribution in [2.45, 2.75) is 26.4 Å². The fourth-order valence-corrected chi connectivity index (χ4v) is 3.25. The minimum absolute atomic E-state index is 0.104. The smallest absolute Gasteiger partial charge is 0.410 e. The maximum absolute atomic E-state index is 12.4. The molecule has 2 aromatic carbocycles. The summed E-state index contributed by atoms with van der Waals surface area (Å²) >= 11 is 0. The summed E-state index contributed by atoms with van der Waals surface area (Å²) in [7, 11) is 0. The summed E-state index contributed by atoms with van der Waals surface area (Å²) < 4.78 is 5.46. The van der Waals surface area contributed by atoms with Crippen LogP contribution in [0.15, 0.2) is 48.5 Å². The summed E-state index contributed by atoms with van der Waals surface area (Å²) in [5.41, 5.74) is 8.90. The standard InChI is InChI=1S/C20H25N3O2/c1-15-5-3-6-17(11-15)14-22-9-10-23(16(2)13-22)20(24)25-19-8-4-7-18(21)12-19/h3-8,11-12,16H,9-10,13-14,21H2,1-2H3/t16-/m1/s1. The van der Waals surface area contributed by atoms with Gasteiger partial charge in [0.05, 0.1) is 0 Å². The van der Waals surface area contributed by atoms with Gasteiger partial charge in [-0.05, 0) is 31.5 Å². The molecule has 5 nitrogen and oxygen atoms in total. The van der Waals surface area contributed by atoms with Gasteiger partial charge in [-0.1, -0.05) is 35.9 Å². The van der Waals surface area contributed by atoms with Crippen LogP contribution in [0.25, 0.3) is 0 Å². The van der Waals surface area contributed by atoms with E-state index in [1.165, 1.54) is 11.1 Å². The van der Waals surface area contributed by atoms with Crippen LogP contribution in [-0.2, 0) is 6.54 Å². The first-order chi connectivity index (χ1) is 12.0. The molecule has 0 aromatic heterocycles. The van der Waals surface area contributed by atoms with Crippen molar-refractivity contribution in [2.24, 2.45) is 0 Å². The van der Waals surface area contributed by atoms with Crippen molar-refractivity contribution in [3.63, 3.8) is 0 Å². The van der Waals surface area contributed by atoms with Gasteiger partial charge in [0.2, 0.25) is 0 Å². The first-order valence-electron chi connectivity index (χ1n) is 8.63. The van der Waals surface area contributed by atoms with Crippen LogP contribution in [0.4, 0.5) is 10.5 Å². The normalized spacial score (nSPS) is 18.2. The number of ether oxygens (including phenoxy) is 1. The Labute approximate surface area is 149 Å². The number of benzene rings is 2. The highest BCUT2D eigenvalue weighted by molar-refractivity contribution is 5.71. The first-order valence-corrected chi connectivity index (χ1v) is 8.63. The van der Waals surface area contributed by atoms with Crippen molar-refractivity contribution in [2.75, 3.05) is 25.4 Å². The van der Waals surface area contributed by atoms with Crippen LogP contribution in [0, 0.1) is 6.92 Å². The Bertz CT molecular complexity index is 747. The minimum Gasteiger partial charge on any atom is -0.410 e. The van der Waals surface area contributed by atoms with Crippen molar-refractivity contribution < 1.29 is 9.53 Å². The quantitative estimate of drug-likeness (QED) is 0.872. The molecule has 0 radical (unpaired) electrons. The lowest BCUT2D eigenvalue weighted by Crippen LogP contribution is -2.54. The average molecular weight is 339 g/mol. The van der Waals surface area contributed by atoms with Gasteiger partial charge in [-0.15, -0.1) is 0 Å². The van der Waals surface area contributed by atoms with Crippen molar-refractivity contribution >= 4 is 11.8 Å². The molecule has 1 aliphatic heterocycles. The molecule has 2 N–H and O–H groups in total. The largest absolute Gasteiger partial charge is 0.415 e. The molecule has 1 atom stereocenters. The van der Waals surface area contributed by atoms with Gasteiger partial charge in [-0.3, -0.25) is 4.90 Å². The molecule has 0 spiro atoms.